The average molecular weight is 283 g/mol. The molecule has 0 aliphatic carbocycles. The van der Waals surface area contributed by atoms with E-state index in [1.807, 2.05) is 0 Å². The normalized spacial score (nSPS) is 37.2. The number of ether oxygens (including phenoxy) is 1. The van der Waals surface area contributed by atoms with E-state index in [0.717, 1.165) is 45.6 Å². The summed E-state index contributed by atoms with van der Waals surface area (Å²) in [4.78, 5) is 5.25. The Labute approximate surface area is 124 Å². The molecule has 0 aromatic carbocycles. The van der Waals surface area contributed by atoms with Crippen LogP contribution in [0.4, 0.5) is 0 Å². The van der Waals surface area contributed by atoms with Crippen LogP contribution in [0.25, 0.3) is 0 Å². The van der Waals surface area contributed by atoms with E-state index in [1.54, 1.807) is 0 Å². The summed E-state index contributed by atoms with van der Waals surface area (Å²) in [6.45, 7) is 13.2. The van der Waals surface area contributed by atoms with Gasteiger partial charge in [0.25, 0.3) is 0 Å². The van der Waals surface area contributed by atoms with E-state index >= 15 is 0 Å². The van der Waals surface area contributed by atoms with E-state index in [-0.39, 0.29) is 5.54 Å². The van der Waals surface area contributed by atoms with Gasteiger partial charge in [-0.25, -0.2) is 0 Å². The third kappa shape index (κ3) is 3.35. The van der Waals surface area contributed by atoms with Crippen LogP contribution in [0.15, 0.2) is 0 Å². The number of rotatable bonds is 5. The average Bonchev–Trinajstić information content (AvgIpc) is 2.47. The Morgan fingerprint density at radius 1 is 1.30 bits per heavy atom. The molecule has 0 saturated carbocycles. The summed E-state index contributed by atoms with van der Waals surface area (Å²) in [6, 6.07) is 0.643. The highest BCUT2D eigenvalue weighted by Crippen LogP contribution is 2.33. The molecule has 2 heterocycles. The molecule has 2 fully saturated rings. The van der Waals surface area contributed by atoms with Crippen molar-refractivity contribution in [2.45, 2.75) is 64.1 Å². The van der Waals surface area contributed by atoms with Crippen LogP contribution < -0.4 is 5.73 Å². The molecule has 0 bridgehead atoms. The van der Waals surface area contributed by atoms with Crippen molar-refractivity contribution in [3.63, 3.8) is 0 Å². The fourth-order valence-corrected chi connectivity index (χ4v) is 4.01. The van der Waals surface area contributed by atoms with Gasteiger partial charge in [-0.2, -0.15) is 0 Å². The van der Waals surface area contributed by atoms with E-state index in [9.17, 15) is 0 Å². The third-order valence-electron chi connectivity index (χ3n) is 5.36. The first-order chi connectivity index (χ1) is 9.65. The van der Waals surface area contributed by atoms with E-state index in [1.165, 1.54) is 19.4 Å². The molecule has 4 heteroatoms. The Morgan fingerprint density at radius 2 is 2.10 bits per heavy atom. The first-order valence-electron chi connectivity index (χ1n) is 8.46. The summed E-state index contributed by atoms with van der Waals surface area (Å²) in [5.41, 5.74) is 6.42. The fourth-order valence-electron chi connectivity index (χ4n) is 4.01. The van der Waals surface area contributed by atoms with E-state index in [0.29, 0.717) is 12.1 Å². The molecule has 118 valence electrons. The monoisotopic (exact) mass is 283 g/mol. The zero-order valence-electron chi connectivity index (χ0n) is 13.6. The van der Waals surface area contributed by atoms with Crippen molar-refractivity contribution in [1.82, 2.24) is 9.80 Å². The van der Waals surface area contributed by atoms with Crippen LogP contribution in [0, 0.1) is 0 Å². The van der Waals surface area contributed by atoms with Gasteiger partial charge in [0.1, 0.15) is 0 Å². The van der Waals surface area contributed by atoms with Crippen molar-refractivity contribution >= 4 is 0 Å². The van der Waals surface area contributed by atoms with Crippen molar-refractivity contribution in [1.29, 1.82) is 0 Å². The highest BCUT2D eigenvalue weighted by molar-refractivity contribution is 4.99. The number of nitrogens with zero attached hydrogens (tertiary/aromatic N) is 2. The van der Waals surface area contributed by atoms with Crippen LogP contribution in [-0.4, -0.2) is 66.8 Å². The Bertz CT molecular complexity index is 297. The first-order valence-corrected chi connectivity index (χ1v) is 8.46. The maximum Gasteiger partial charge on any atom is 0.0593 e. The van der Waals surface area contributed by atoms with Crippen LogP contribution in [0.1, 0.15) is 46.5 Å². The van der Waals surface area contributed by atoms with Gasteiger partial charge in [0.05, 0.1) is 6.10 Å². The lowest BCUT2D eigenvalue weighted by Gasteiger charge is -2.52. The standard InChI is InChI=1S/C16H33N3O/c1-4-6-15-11-16(13-17,7-10-20-15)19-9-8-18(5-2)14(3)12-19/h14-15H,4-13,17H2,1-3H3. The number of piperazine rings is 1. The summed E-state index contributed by atoms with van der Waals surface area (Å²) in [7, 11) is 0. The summed E-state index contributed by atoms with van der Waals surface area (Å²) in [5.74, 6) is 0. The molecular formula is C16H33N3O. The van der Waals surface area contributed by atoms with Crippen molar-refractivity contribution in [2.75, 3.05) is 39.3 Å². The molecule has 3 atom stereocenters. The molecule has 2 aliphatic rings. The molecule has 0 aromatic heterocycles. The van der Waals surface area contributed by atoms with Gasteiger partial charge in [-0.15, -0.1) is 0 Å². The molecule has 2 saturated heterocycles. The van der Waals surface area contributed by atoms with Gasteiger partial charge in [-0.3, -0.25) is 9.80 Å². The first kappa shape index (κ1) is 16.2. The molecule has 20 heavy (non-hydrogen) atoms. The van der Waals surface area contributed by atoms with Gasteiger partial charge < -0.3 is 10.5 Å². The highest BCUT2D eigenvalue weighted by Gasteiger charge is 2.42. The van der Waals surface area contributed by atoms with Gasteiger partial charge in [0, 0.05) is 44.4 Å². The molecule has 0 aromatic rings. The van der Waals surface area contributed by atoms with Crippen LogP contribution in [-0.2, 0) is 4.74 Å². The number of hydrogen-bond acceptors (Lipinski definition) is 4. The molecule has 0 amide bonds. The van der Waals surface area contributed by atoms with E-state index in [4.69, 9.17) is 10.5 Å². The summed E-state index contributed by atoms with van der Waals surface area (Å²) in [5, 5.41) is 0. The van der Waals surface area contributed by atoms with Crippen molar-refractivity contribution in [3.8, 4) is 0 Å². The highest BCUT2D eigenvalue weighted by atomic mass is 16.5. The molecule has 3 unspecified atom stereocenters. The lowest BCUT2D eigenvalue weighted by atomic mass is 9.82. The third-order valence-corrected chi connectivity index (χ3v) is 5.36. The predicted octanol–water partition coefficient (Wildman–Crippen LogP) is 1.69. The Kier molecular flexibility index (Phi) is 5.84. The Hall–Kier alpha value is -0.160. The second-order valence-corrected chi connectivity index (χ2v) is 6.59. The largest absolute Gasteiger partial charge is 0.378 e. The fraction of sp³-hybridized carbons (Fsp3) is 1.00. The Balaban J connectivity index is 2.03. The van der Waals surface area contributed by atoms with Gasteiger partial charge in [-0.05, 0) is 32.7 Å². The SMILES string of the molecule is CCCC1CC(CN)(N2CCN(CC)C(C)C2)CCO1. The van der Waals surface area contributed by atoms with Crippen molar-refractivity contribution in [2.24, 2.45) is 5.73 Å². The van der Waals surface area contributed by atoms with Gasteiger partial charge in [0.15, 0.2) is 0 Å². The summed E-state index contributed by atoms with van der Waals surface area (Å²) in [6.07, 6.45) is 5.01. The maximum atomic E-state index is 6.23. The molecule has 0 spiro atoms. The summed E-state index contributed by atoms with van der Waals surface area (Å²) >= 11 is 0. The topological polar surface area (TPSA) is 41.7 Å². The predicted molar refractivity (Wildman–Crippen MR) is 83.9 cm³/mol. The minimum Gasteiger partial charge on any atom is -0.378 e. The number of nitrogens with two attached hydrogens (primary N) is 1. The second-order valence-electron chi connectivity index (χ2n) is 6.59. The second kappa shape index (κ2) is 7.21. The van der Waals surface area contributed by atoms with Crippen molar-refractivity contribution < 1.29 is 4.74 Å². The number of likely N-dealkylation sites (N-methyl/N-ethyl adjacent to an activating group) is 1. The van der Waals surface area contributed by atoms with Crippen LogP contribution in [0.5, 0.6) is 0 Å². The molecular weight excluding hydrogens is 250 g/mol. The van der Waals surface area contributed by atoms with Crippen LogP contribution in [0.2, 0.25) is 0 Å². The summed E-state index contributed by atoms with van der Waals surface area (Å²) < 4.78 is 5.94. The van der Waals surface area contributed by atoms with Crippen LogP contribution >= 0.6 is 0 Å². The molecule has 2 rings (SSSR count). The molecule has 4 nitrogen and oxygen atoms in total. The Morgan fingerprint density at radius 3 is 2.70 bits per heavy atom. The van der Waals surface area contributed by atoms with Gasteiger partial charge in [0.2, 0.25) is 0 Å². The molecule has 2 aliphatic heterocycles. The minimum atomic E-state index is 0.187. The van der Waals surface area contributed by atoms with E-state index < -0.39 is 0 Å². The quantitative estimate of drug-likeness (QED) is 0.834. The molecule has 2 N–H and O–H groups in total. The zero-order chi connectivity index (χ0) is 14.6. The zero-order valence-corrected chi connectivity index (χ0v) is 13.6. The van der Waals surface area contributed by atoms with Crippen molar-refractivity contribution in [3.05, 3.63) is 0 Å². The van der Waals surface area contributed by atoms with Crippen LogP contribution in [0.3, 0.4) is 0 Å². The smallest absolute Gasteiger partial charge is 0.0593 e. The van der Waals surface area contributed by atoms with E-state index in [2.05, 4.69) is 30.6 Å². The van der Waals surface area contributed by atoms with Gasteiger partial charge >= 0.3 is 0 Å². The maximum absolute atomic E-state index is 6.23. The lowest BCUT2D eigenvalue weighted by Crippen LogP contribution is -2.65. The number of hydrogen-bond donors (Lipinski definition) is 1. The van der Waals surface area contributed by atoms with Gasteiger partial charge in [-0.1, -0.05) is 20.3 Å². The lowest BCUT2D eigenvalue weighted by molar-refractivity contribution is -0.0904. The minimum absolute atomic E-state index is 0.187. The molecule has 0 radical (unpaired) electrons.